The zero-order valence-corrected chi connectivity index (χ0v) is 19.1. The molecule has 2 rings (SSSR count). The largest absolute Gasteiger partial charge is 0.498 e. The van der Waals surface area contributed by atoms with E-state index in [2.05, 4.69) is 81.4 Å². The van der Waals surface area contributed by atoms with Crippen molar-refractivity contribution in [2.45, 2.75) is 91.3 Å². The van der Waals surface area contributed by atoms with E-state index < -0.39 is 18.3 Å². The van der Waals surface area contributed by atoms with Gasteiger partial charge in [-0.2, -0.15) is 0 Å². The molecule has 5 heteroatoms. The second-order valence-corrected chi connectivity index (χ2v) is 10.6. The Labute approximate surface area is 166 Å². The minimum atomic E-state index is -0.481. The lowest BCUT2D eigenvalue weighted by molar-refractivity contribution is 0.00578. The van der Waals surface area contributed by atoms with Gasteiger partial charge in [-0.25, -0.2) is 0 Å². The average Bonchev–Trinajstić information content (AvgIpc) is 2.70. The van der Waals surface area contributed by atoms with Crippen molar-refractivity contribution in [3.63, 3.8) is 0 Å². The quantitative estimate of drug-likeness (QED) is 0.570. The van der Waals surface area contributed by atoms with Crippen molar-refractivity contribution < 1.29 is 18.8 Å². The van der Waals surface area contributed by atoms with E-state index in [-0.39, 0.29) is 17.6 Å². The zero-order chi connectivity index (χ0) is 20.8. The molecule has 0 atom stereocenters. The summed E-state index contributed by atoms with van der Waals surface area (Å²) in [5.74, 6) is 0.802. The molecule has 1 aromatic rings. The van der Waals surface area contributed by atoms with Gasteiger partial charge in [0, 0.05) is 12.6 Å². The van der Waals surface area contributed by atoms with E-state index in [0.29, 0.717) is 0 Å². The van der Waals surface area contributed by atoms with E-state index in [4.69, 9.17) is 18.8 Å². The van der Waals surface area contributed by atoms with Gasteiger partial charge in [0.25, 0.3) is 0 Å². The summed E-state index contributed by atoms with van der Waals surface area (Å²) in [5.41, 5.74) is 2.40. The van der Waals surface area contributed by atoms with Crippen molar-refractivity contribution in [2.24, 2.45) is 0 Å². The van der Waals surface area contributed by atoms with Crippen LogP contribution in [0.15, 0.2) is 12.1 Å². The third-order valence-electron chi connectivity index (χ3n) is 5.62. The van der Waals surface area contributed by atoms with Crippen LogP contribution in [-0.4, -0.2) is 32.2 Å². The maximum Gasteiger partial charge on any atom is 0.498 e. The van der Waals surface area contributed by atoms with Gasteiger partial charge in [-0.05, 0) is 49.7 Å². The molecule has 0 saturated carbocycles. The van der Waals surface area contributed by atoms with Crippen molar-refractivity contribution >= 4 is 12.6 Å². The van der Waals surface area contributed by atoms with E-state index in [9.17, 15) is 0 Å². The van der Waals surface area contributed by atoms with Crippen LogP contribution >= 0.6 is 0 Å². The molecular weight excluding hydrogens is 339 g/mol. The first-order valence-corrected chi connectivity index (χ1v) is 9.76. The number of methoxy groups -OCH3 is 1. The normalized spacial score (nSPS) is 19.4. The first-order valence-electron chi connectivity index (χ1n) is 9.76. The Morgan fingerprint density at radius 3 is 1.81 bits per heavy atom. The molecule has 0 amide bonds. The number of hydrogen-bond donors (Lipinski definition) is 0. The predicted octanol–water partition coefficient (Wildman–Crippen LogP) is 4.56. The highest BCUT2D eigenvalue weighted by molar-refractivity contribution is 6.63. The first-order chi connectivity index (χ1) is 12.1. The first kappa shape index (κ1) is 22.3. The van der Waals surface area contributed by atoms with Crippen LogP contribution in [0.2, 0.25) is 0 Å². The fourth-order valence-corrected chi connectivity index (χ4v) is 3.07. The summed E-state index contributed by atoms with van der Waals surface area (Å²) in [7, 11) is 1.15. The second-order valence-electron chi connectivity index (χ2n) is 10.6. The highest BCUT2D eigenvalue weighted by Crippen LogP contribution is 2.40. The molecule has 4 nitrogen and oxygen atoms in total. The van der Waals surface area contributed by atoms with Crippen molar-refractivity contribution in [1.82, 2.24) is 0 Å². The average molecular weight is 376 g/mol. The van der Waals surface area contributed by atoms with Gasteiger partial charge in [0.15, 0.2) is 6.79 Å². The molecule has 0 aliphatic carbocycles. The van der Waals surface area contributed by atoms with Gasteiger partial charge in [0.2, 0.25) is 0 Å². The molecule has 1 aliphatic heterocycles. The number of rotatable bonds is 4. The maximum atomic E-state index is 6.36. The Hall–Kier alpha value is -1.04. The standard InChI is InChI=1S/C22H37BO4/c1-19(2,3)15-12-16(20(4,5)6)18(25-14-24-11)17(13-15)23-26-21(7,8)22(9,10)27-23/h12-13H,14H2,1-11H3. The van der Waals surface area contributed by atoms with Crippen LogP contribution in [0, 0.1) is 0 Å². The number of hydrogen-bond acceptors (Lipinski definition) is 4. The molecular formula is C22H37BO4. The van der Waals surface area contributed by atoms with E-state index in [1.165, 1.54) is 5.56 Å². The van der Waals surface area contributed by atoms with Crippen LogP contribution in [0.3, 0.4) is 0 Å². The fraction of sp³-hybridized carbons (Fsp3) is 0.727. The maximum absolute atomic E-state index is 6.36. The summed E-state index contributed by atoms with van der Waals surface area (Å²) in [5, 5.41) is 0. The molecule has 0 radical (unpaired) electrons. The predicted molar refractivity (Wildman–Crippen MR) is 112 cm³/mol. The fourth-order valence-electron chi connectivity index (χ4n) is 3.07. The van der Waals surface area contributed by atoms with Gasteiger partial charge < -0.3 is 18.8 Å². The van der Waals surface area contributed by atoms with E-state index >= 15 is 0 Å². The molecule has 1 aromatic carbocycles. The molecule has 27 heavy (non-hydrogen) atoms. The van der Waals surface area contributed by atoms with Crippen LogP contribution in [0.1, 0.15) is 80.4 Å². The van der Waals surface area contributed by atoms with Gasteiger partial charge in [-0.1, -0.05) is 53.7 Å². The summed E-state index contributed by atoms with van der Waals surface area (Å²) >= 11 is 0. The Balaban J connectivity index is 2.70. The van der Waals surface area contributed by atoms with Crippen LogP contribution in [0.4, 0.5) is 0 Å². The van der Waals surface area contributed by atoms with Crippen LogP contribution in [0.5, 0.6) is 5.75 Å². The van der Waals surface area contributed by atoms with Crippen molar-refractivity contribution in [2.75, 3.05) is 13.9 Å². The third-order valence-corrected chi connectivity index (χ3v) is 5.62. The minimum absolute atomic E-state index is 0.00181. The summed E-state index contributed by atoms with van der Waals surface area (Å²) in [6, 6.07) is 4.42. The van der Waals surface area contributed by atoms with Gasteiger partial charge in [-0.3, -0.25) is 0 Å². The summed E-state index contributed by atoms with van der Waals surface area (Å²) in [6.45, 7) is 21.7. The minimum Gasteiger partial charge on any atom is -0.468 e. The Morgan fingerprint density at radius 1 is 0.889 bits per heavy atom. The van der Waals surface area contributed by atoms with Crippen LogP contribution in [-0.2, 0) is 24.9 Å². The molecule has 1 saturated heterocycles. The van der Waals surface area contributed by atoms with Crippen LogP contribution < -0.4 is 10.2 Å². The molecule has 0 spiro atoms. The summed E-state index contributed by atoms with van der Waals surface area (Å²) < 4.78 is 24.0. The smallest absolute Gasteiger partial charge is 0.468 e. The van der Waals surface area contributed by atoms with Crippen molar-refractivity contribution in [3.8, 4) is 5.75 Å². The molecule has 1 heterocycles. The molecule has 0 N–H and O–H groups in total. The Bertz CT molecular complexity index is 665. The third kappa shape index (κ3) is 4.52. The lowest BCUT2D eigenvalue weighted by Gasteiger charge is -2.32. The van der Waals surface area contributed by atoms with Crippen molar-refractivity contribution in [3.05, 3.63) is 23.3 Å². The van der Waals surface area contributed by atoms with Gasteiger partial charge >= 0.3 is 7.12 Å². The molecule has 0 unspecified atom stereocenters. The monoisotopic (exact) mass is 376 g/mol. The van der Waals surface area contributed by atoms with Crippen LogP contribution in [0.25, 0.3) is 0 Å². The van der Waals surface area contributed by atoms with Crippen molar-refractivity contribution in [1.29, 1.82) is 0 Å². The van der Waals surface area contributed by atoms with E-state index in [1.54, 1.807) is 7.11 Å². The molecule has 152 valence electrons. The molecule has 1 aliphatic rings. The SMILES string of the molecule is COCOc1c(B2OC(C)(C)C(C)(C)O2)cc(C(C)(C)C)cc1C(C)(C)C. The summed E-state index contributed by atoms with van der Waals surface area (Å²) in [4.78, 5) is 0. The lowest BCUT2D eigenvalue weighted by Crippen LogP contribution is -2.41. The molecule has 1 fully saturated rings. The highest BCUT2D eigenvalue weighted by atomic mass is 16.7. The highest BCUT2D eigenvalue weighted by Gasteiger charge is 2.53. The molecule has 0 aromatic heterocycles. The summed E-state index contributed by atoms with van der Waals surface area (Å²) in [6.07, 6.45) is 0. The zero-order valence-electron chi connectivity index (χ0n) is 19.1. The number of ether oxygens (including phenoxy) is 2. The Morgan fingerprint density at radius 2 is 1.41 bits per heavy atom. The van der Waals surface area contributed by atoms with Gasteiger partial charge in [-0.15, -0.1) is 0 Å². The topological polar surface area (TPSA) is 36.9 Å². The van der Waals surface area contributed by atoms with Gasteiger partial charge in [0.1, 0.15) is 5.75 Å². The second kappa shape index (κ2) is 7.09. The van der Waals surface area contributed by atoms with E-state index in [0.717, 1.165) is 16.8 Å². The number of benzene rings is 1. The lowest BCUT2D eigenvalue weighted by atomic mass is 9.70. The van der Waals surface area contributed by atoms with Gasteiger partial charge in [0.05, 0.1) is 11.2 Å². The van der Waals surface area contributed by atoms with E-state index in [1.807, 2.05) is 0 Å². The molecule has 0 bridgehead atoms. The Kier molecular flexibility index (Phi) is 5.85.